The zero-order valence-electron chi connectivity index (χ0n) is 18.2. The van der Waals surface area contributed by atoms with Crippen LogP contribution in [0.25, 0.3) is 21.5 Å². The topological polar surface area (TPSA) is 71.7 Å². The standard InChI is InChI=1S/C24H23ClN4O3S/c1-16-21(22(27-32-16)17-6-2-3-7-18(17)25)23(30)29(11-10-28-12-14-31-15-13-28)24-26-19-8-4-5-9-20(19)33-24/h2-9H,10-15H2,1H3. The highest BCUT2D eigenvalue weighted by Gasteiger charge is 2.30. The van der Waals surface area contributed by atoms with E-state index in [1.165, 1.54) is 11.3 Å². The molecule has 0 aliphatic carbocycles. The molecule has 0 radical (unpaired) electrons. The summed E-state index contributed by atoms with van der Waals surface area (Å²) in [5.74, 6) is 0.253. The second kappa shape index (κ2) is 9.61. The monoisotopic (exact) mass is 482 g/mol. The van der Waals surface area contributed by atoms with Gasteiger partial charge in [0.2, 0.25) is 0 Å². The van der Waals surface area contributed by atoms with E-state index in [-0.39, 0.29) is 5.91 Å². The van der Waals surface area contributed by atoms with Crippen LogP contribution < -0.4 is 4.90 Å². The van der Waals surface area contributed by atoms with Crippen LogP contribution in [0, 0.1) is 6.92 Å². The largest absolute Gasteiger partial charge is 0.379 e. The van der Waals surface area contributed by atoms with Crippen molar-refractivity contribution in [2.75, 3.05) is 44.3 Å². The van der Waals surface area contributed by atoms with Crippen molar-refractivity contribution in [3.05, 3.63) is 64.9 Å². The van der Waals surface area contributed by atoms with E-state index >= 15 is 0 Å². The number of aryl methyl sites for hydroxylation is 1. The number of anilines is 1. The van der Waals surface area contributed by atoms with E-state index in [9.17, 15) is 4.79 Å². The molecule has 9 heteroatoms. The van der Waals surface area contributed by atoms with Crippen molar-refractivity contribution < 1.29 is 14.1 Å². The van der Waals surface area contributed by atoms with Crippen molar-refractivity contribution in [3.63, 3.8) is 0 Å². The summed E-state index contributed by atoms with van der Waals surface area (Å²) in [6.07, 6.45) is 0. The number of aromatic nitrogens is 2. The SMILES string of the molecule is Cc1onc(-c2ccccc2Cl)c1C(=O)N(CCN1CCOCC1)c1nc2ccccc2s1. The van der Waals surface area contributed by atoms with Gasteiger partial charge >= 0.3 is 0 Å². The Kier molecular flexibility index (Phi) is 6.41. The normalized spacial score (nSPS) is 14.6. The molecule has 33 heavy (non-hydrogen) atoms. The first kappa shape index (κ1) is 22.0. The van der Waals surface area contributed by atoms with Gasteiger partial charge in [-0.15, -0.1) is 0 Å². The average Bonchev–Trinajstić information content (AvgIpc) is 3.43. The lowest BCUT2D eigenvalue weighted by Gasteiger charge is -2.29. The number of carbonyl (C=O) groups is 1. The van der Waals surface area contributed by atoms with Gasteiger partial charge < -0.3 is 9.26 Å². The molecule has 1 fully saturated rings. The minimum atomic E-state index is -0.198. The van der Waals surface area contributed by atoms with Gasteiger partial charge in [-0.3, -0.25) is 14.6 Å². The Labute approximate surface area is 200 Å². The molecule has 1 aliphatic heterocycles. The molecule has 0 saturated carbocycles. The van der Waals surface area contributed by atoms with Crippen molar-refractivity contribution >= 4 is 44.2 Å². The number of hydrogen-bond acceptors (Lipinski definition) is 7. The summed E-state index contributed by atoms with van der Waals surface area (Å²) < 4.78 is 12.0. The second-order valence-electron chi connectivity index (χ2n) is 7.82. The summed E-state index contributed by atoms with van der Waals surface area (Å²) in [5.41, 5.74) is 2.39. The lowest BCUT2D eigenvalue weighted by Crippen LogP contribution is -2.43. The number of morpholine rings is 1. The summed E-state index contributed by atoms with van der Waals surface area (Å²) in [4.78, 5) is 22.8. The molecule has 2 aromatic carbocycles. The summed E-state index contributed by atoms with van der Waals surface area (Å²) in [6, 6.07) is 15.2. The molecule has 1 saturated heterocycles. The molecular weight excluding hydrogens is 460 g/mol. The first-order valence-electron chi connectivity index (χ1n) is 10.8. The smallest absolute Gasteiger partial charge is 0.266 e. The summed E-state index contributed by atoms with van der Waals surface area (Å²) >= 11 is 7.92. The highest BCUT2D eigenvalue weighted by Crippen LogP contribution is 2.34. The third-order valence-electron chi connectivity index (χ3n) is 5.71. The van der Waals surface area contributed by atoms with Crippen LogP contribution in [0.5, 0.6) is 0 Å². The average molecular weight is 483 g/mol. The fourth-order valence-electron chi connectivity index (χ4n) is 3.92. The number of para-hydroxylation sites is 1. The third kappa shape index (κ3) is 4.52. The summed E-state index contributed by atoms with van der Waals surface area (Å²) in [5, 5.41) is 5.35. The van der Waals surface area contributed by atoms with E-state index < -0.39 is 0 Å². The van der Waals surface area contributed by atoms with E-state index in [1.807, 2.05) is 42.5 Å². The van der Waals surface area contributed by atoms with E-state index in [1.54, 1.807) is 17.9 Å². The molecule has 0 bridgehead atoms. The Hall–Kier alpha value is -2.78. The second-order valence-corrected chi connectivity index (χ2v) is 9.23. The van der Waals surface area contributed by atoms with Gasteiger partial charge in [-0.1, -0.05) is 58.4 Å². The number of ether oxygens (including phenoxy) is 1. The van der Waals surface area contributed by atoms with E-state index in [0.717, 1.165) is 29.9 Å². The van der Waals surface area contributed by atoms with Gasteiger partial charge in [0.25, 0.3) is 5.91 Å². The molecule has 2 aromatic heterocycles. The third-order valence-corrected chi connectivity index (χ3v) is 7.10. The Morgan fingerprint density at radius 3 is 2.70 bits per heavy atom. The predicted molar refractivity (Wildman–Crippen MR) is 130 cm³/mol. The molecule has 170 valence electrons. The molecule has 5 rings (SSSR count). The van der Waals surface area contributed by atoms with Gasteiger partial charge in [-0.2, -0.15) is 0 Å². The van der Waals surface area contributed by atoms with Crippen molar-refractivity contribution in [2.24, 2.45) is 0 Å². The Bertz CT molecular complexity index is 1250. The number of nitrogens with zero attached hydrogens (tertiary/aromatic N) is 4. The van der Waals surface area contributed by atoms with Crippen molar-refractivity contribution in [1.29, 1.82) is 0 Å². The Balaban J connectivity index is 1.53. The van der Waals surface area contributed by atoms with Crippen molar-refractivity contribution in [1.82, 2.24) is 15.0 Å². The number of thiazole rings is 1. The molecule has 7 nitrogen and oxygen atoms in total. The molecule has 3 heterocycles. The summed E-state index contributed by atoms with van der Waals surface area (Å²) in [7, 11) is 0. The number of carbonyl (C=O) groups excluding carboxylic acids is 1. The number of halogens is 1. The zero-order chi connectivity index (χ0) is 22.8. The van der Waals surface area contributed by atoms with E-state index in [2.05, 4.69) is 10.1 Å². The number of rotatable bonds is 6. The number of amides is 1. The van der Waals surface area contributed by atoms with Gasteiger partial charge in [-0.25, -0.2) is 4.98 Å². The highest BCUT2D eigenvalue weighted by atomic mass is 35.5. The first-order valence-corrected chi connectivity index (χ1v) is 12.0. The Morgan fingerprint density at radius 1 is 1.15 bits per heavy atom. The van der Waals surface area contributed by atoms with Crippen LogP contribution >= 0.6 is 22.9 Å². The zero-order valence-corrected chi connectivity index (χ0v) is 19.7. The lowest BCUT2D eigenvalue weighted by molar-refractivity contribution is 0.0391. The number of fused-ring (bicyclic) bond motifs is 1. The minimum absolute atomic E-state index is 0.198. The summed E-state index contributed by atoms with van der Waals surface area (Å²) in [6.45, 7) is 6.06. The minimum Gasteiger partial charge on any atom is -0.379 e. The van der Waals surface area contributed by atoms with Crippen LogP contribution in [0.1, 0.15) is 16.1 Å². The van der Waals surface area contributed by atoms with Gasteiger partial charge in [-0.05, 0) is 25.1 Å². The first-order chi connectivity index (χ1) is 16.1. The van der Waals surface area contributed by atoms with Crippen LogP contribution in [-0.2, 0) is 4.74 Å². The molecule has 0 atom stereocenters. The molecule has 0 unspecified atom stereocenters. The van der Waals surface area contributed by atoms with Gasteiger partial charge in [0, 0.05) is 31.7 Å². The van der Waals surface area contributed by atoms with Crippen molar-refractivity contribution in [2.45, 2.75) is 6.92 Å². The highest BCUT2D eigenvalue weighted by molar-refractivity contribution is 7.22. The van der Waals surface area contributed by atoms with Crippen LogP contribution in [0.2, 0.25) is 5.02 Å². The lowest BCUT2D eigenvalue weighted by atomic mass is 10.1. The predicted octanol–water partition coefficient (Wildman–Crippen LogP) is 4.89. The fraction of sp³-hybridized carbons (Fsp3) is 0.292. The van der Waals surface area contributed by atoms with Gasteiger partial charge in [0.1, 0.15) is 17.0 Å². The quantitative estimate of drug-likeness (QED) is 0.389. The maximum absolute atomic E-state index is 14.0. The van der Waals surface area contributed by atoms with E-state index in [4.69, 9.17) is 25.8 Å². The van der Waals surface area contributed by atoms with Gasteiger partial charge in [0.15, 0.2) is 5.13 Å². The number of benzene rings is 2. The molecule has 0 N–H and O–H groups in total. The molecular formula is C24H23ClN4O3S. The number of hydrogen-bond donors (Lipinski definition) is 0. The molecule has 4 aromatic rings. The Morgan fingerprint density at radius 2 is 1.91 bits per heavy atom. The van der Waals surface area contributed by atoms with Crippen LogP contribution in [0.15, 0.2) is 53.1 Å². The van der Waals surface area contributed by atoms with Crippen LogP contribution in [0.4, 0.5) is 5.13 Å². The maximum Gasteiger partial charge on any atom is 0.266 e. The molecule has 1 aliphatic rings. The van der Waals surface area contributed by atoms with Crippen LogP contribution in [0.3, 0.4) is 0 Å². The van der Waals surface area contributed by atoms with E-state index in [0.29, 0.717) is 52.5 Å². The molecule has 0 spiro atoms. The van der Waals surface area contributed by atoms with Crippen LogP contribution in [-0.4, -0.2) is 60.3 Å². The van der Waals surface area contributed by atoms with Crippen molar-refractivity contribution in [3.8, 4) is 11.3 Å². The molecule has 1 amide bonds. The maximum atomic E-state index is 14.0. The fourth-order valence-corrected chi connectivity index (χ4v) is 5.14. The van der Waals surface area contributed by atoms with Gasteiger partial charge in [0.05, 0.1) is 28.5 Å².